The summed E-state index contributed by atoms with van der Waals surface area (Å²) in [6.07, 6.45) is 7.95. The van der Waals surface area contributed by atoms with Gasteiger partial charge >= 0.3 is 5.97 Å². The molecule has 1 saturated heterocycles. The molecule has 4 rings (SSSR count). The van der Waals surface area contributed by atoms with E-state index in [9.17, 15) is 27.6 Å². The number of rotatable bonds is 15. The molecule has 0 radical (unpaired) electrons. The van der Waals surface area contributed by atoms with Crippen molar-refractivity contribution in [2.45, 2.75) is 128 Å². The molecule has 1 aromatic carbocycles. The minimum Gasteiger partial charge on any atom is -0.458 e. The van der Waals surface area contributed by atoms with Crippen molar-refractivity contribution in [1.29, 1.82) is 0 Å². The molecule has 3 unspecified atom stereocenters. The second-order valence-electron chi connectivity index (χ2n) is 17.3. The van der Waals surface area contributed by atoms with Gasteiger partial charge in [0.2, 0.25) is 11.8 Å². The summed E-state index contributed by atoms with van der Waals surface area (Å²) in [4.78, 5) is 61.9. The summed E-state index contributed by atoms with van der Waals surface area (Å²) < 4.78 is 31.0. The Labute approximate surface area is 327 Å². The fourth-order valence-electron chi connectivity index (χ4n) is 7.49. The highest BCUT2D eigenvalue weighted by atomic mass is 32.2. The molecular weight excluding hydrogens is 721 g/mol. The number of hydrogen-bond donors (Lipinski definition) is 4. The lowest BCUT2D eigenvalue weighted by Crippen LogP contribution is -2.64. The molecule has 7 atom stereocenters. The van der Waals surface area contributed by atoms with Gasteiger partial charge in [0.1, 0.15) is 18.2 Å². The van der Waals surface area contributed by atoms with Crippen molar-refractivity contribution in [2.24, 2.45) is 23.5 Å². The summed E-state index contributed by atoms with van der Waals surface area (Å²) >= 11 is 0. The number of carbonyl (C=O) groups is 4. The Hall–Kier alpha value is -3.88. The van der Waals surface area contributed by atoms with Crippen LogP contribution in [0.4, 0.5) is 0 Å². The first-order valence-electron chi connectivity index (χ1n) is 19.4. The molecule has 3 amide bonds. The van der Waals surface area contributed by atoms with E-state index in [-0.39, 0.29) is 30.4 Å². The van der Waals surface area contributed by atoms with Crippen molar-refractivity contribution in [1.82, 2.24) is 25.8 Å². The highest BCUT2D eigenvalue weighted by molar-refractivity contribution is 7.92. The predicted molar refractivity (Wildman–Crippen MR) is 213 cm³/mol. The van der Waals surface area contributed by atoms with Crippen molar-refractivity contribution in [3.8, 4) is 0 Å². The van der Waals surface area contributed by atoms with Gasteiger partial charge in [-0.3, -0.25) is 29.1 Å². The number of esters is 1. The monoisotopic (exact) mass is 782 g/mol. The second kappa shape index (κ2) is 18.4. The number of aromatic nitrogens is 1. The summed E-state index contributed by atoms with van der Waals surface area (Å²) in [6.45, 7) is 12.9. The van der Waals surface area contributed by atoms with Crippen molar-refractivity contribution < 1.29 is 32.3 Å². The van der Waals surface area contributed by atoms with Crippen LogP contribution < -0.4 is 21.7 Å². The SMILES string of the molecule is CC(C)[C@@H](N)C(=O)O[C@H](CN1CC2CCCCC2C[C@H]1C(=O)NC(C)(C)C)C(Cc1ccccc1)NC(=O)[C@@H](NC(=O)c1cccnc1)C(C)(C)S(C)(=O)=O. The maximum atomic E-state index is 14.6. The number of nitrogens with zero attached hydrogens (tertiary/aromatic N) is 2. The van der Waals surface area contributed by atoms with Gasteiger partial charge < -0.3 is 26.4 Å². The molecule has 0 spiro atoms. The Balaban J connectivity index is 1.79. The molecule has 2 aromatic rings. The number of likely N-dealkylation sites (tertiary alicyclic amines) is 1. The third kappa shape index (κ3) is 11.8. The van der Waals surface area contributed by atoms with E-state index in [1.54, 1.807) is 6.07 Å². The van der Waals surface area contributed by atoms with Crippen molar-refractivity contribution in [3.05, 3.63) is 66.0 Å². The first kappa shape index (κ1) is 43.8. The van der Waals surface area contributed by atoms with Gasteiger partial charge in [0.25, 0.3) is 5.91 Å². The fourth-order valence-corrected chi connectivity index (χ4v) is 8.09. The van der Waals surface area contributed by atoms with Crippen LogP contribution in [-0.4, -0.2) is 102 Å². The standard InChI is InChI=1S/C41H62N6O7S/c1-26(2)34(42)39(51)54-33(25-47-24-30-18-13-12-17-28(30)22-32(47)37(49)46-40(3,4)5)31(21-27-15-10-9-11-16-27)44-38(50)35(41(6,7)55(8,52)53)45-36(48)29-19-14-20-43-23-29/h9-11,14-16,19-20,23,26,28,30-35H,12-13,17-18,21-22,24-25,42H2,1-8H3,(H,44,50)(H,45,48)(H,46,49)/t28?,30?,31?,32-,33+,34+,35+/m0/s1. The summed E-state index contributed by atoms with van der Waals surface area (Å²) in [5.41, 5.74) is 6.81. The highest BCUT2D eigenvalue weighted by Crippen LogP contribution is 2.39. The molecule has 5 N–H and O–H groups in total. The predicted octanol–water partition coefficient (Wildman–Crippen LogP) is 3.42. The van der Waals surface area contributed by atoms with Gasteiger partial charge in [-0.2, -0.15) is 0 Å². The van der Waals surface area contributed by atoms with E-state index in [1.165, 1.54) is 32.3 Å². The van der Waals surface area contributed by atoms with Gasteiger partial charge in [-0.15, -0.1) is 0 Å². The molecule has 55 heavy (non-hydrogen) atoms. The van der Waals surface area contributed by atoms with Crippen LogP contribution >= 0.6 is 0 Å². The van der Waals surface area contributed by atoms with Gasteiger partial charge in [-0.1, -0.05) is 63.4 Å². The summed E-state index contributed by atoms with van der Waals surface area (Å²) in [7, 11) is -3.94. The van der Waals surface area contributed by atoms with Crippen LogP contribution in [0.2, 0.25) is 0 Å². The summed E-state index contributed by atoms with van der Waals surface area (Å²) in [6, 6.07) is 8.45. The van der Waals surface area contributed by atoms with Crippen LogP contribution in [0.1, 0.15) is 96.5 Å². The molecule has 0 bridgehead atoms. The number of fused-ring (bicyclic) bond motifs is 1. The topological polar surface area (TPSA) is 190 Å². The van der Waals surface area contributed by atoms with Crippen molar-refractivity contribution in [2.75, 3.05) is 19.3 Å². The van der Waals surface area contributed by atoms with Crippen LogP contribution in [0.15, 0.2) is 54.9 Å². The number of amides is 3. The summed E-state index contributed by atoms with van der Waals surface area (Å²) in [5, 5.41) is 8.84. The minimum absolute atomic E-state index is 0.0992. The first-order valence-corrected chi connectivity index (χ1v) is 21.3. The van der Waals surface area contributed by atoms with Gasteiger partial charge in [0, 0.05) is 37.3 Å². The Kier molecular flexibility index (Phi) is 14.6. The van der Waals surface area contributed by atoms with E-state index in [0.717, 1.165) is 37.5 Å². The van der Waals surface area contributed by atoms with Crippen LogP contribution in [0.25, 0.3) is 0 Å². The van der Waals surface area contributed by atoms with Crippen molar-refractivity contribution in [3.63, 3.8) is 0 Å². The number of carbonyl (C=O) groups excluding carboxylic acids is 4. The smallest absolute Gasteiger partial charge is 0.323 e. The molecule has 2 heterocycles. The number of sulfone groups is 1. The molecule has 14 heteroatoms. The van der Waals surface area contributed by atoms with E-state index in [2.05, 4.69) is 25.8 Å². The average Bonchev–Trinajstić information content (AvgIpc) is 3.11. The first-order chi connectivity index (χ1) is 25.7. The molecule has 1 saturated carbocycles. The molecule has 13 nitrogen and oxygen atoms in total. The van der Waals surface area contributed by atoms with E-state index in [4.69, 9.17) is 10.5 Å². The number of nitrogens with two attached hydrogens (primary N) is 1. The van der Waals surface area contributed by atoms with Crippen LogP contribution in [0.3, 0.4) is 0 Å². The Bertz CT molecular complexity index is 1730. The Morgan fingerprint density at radius 2 is 1.62 bits per heavy atom. The minimum atomic E-state index is -3.94. The lowest BCUT2D eigenvalue weighted by Gasteiger charge is -2.47. The van der Waals surface area contributed by atoms with E-state index in [1.807, 2.05) is 65.0 Å². The van der Waals surface area contributed by atoms with Crippen LogP contribution in [0.5, 0.6) is 0 Å². The van der Waals surface area contributed by atoms with Crippen LogP contribution in [-0.2, 0) is 35.4 Å². The number of pyridine rings is 1. The molecule has 2 fully saturated rings. The van der Waals surface area contributed by atoms with E-state index >= 15 is 0 Å². The number of ether oxygens (including phenoxy) is 1. The number of nitrogens with one attached hydrogen (secondary N) is 3. The molecule has 1 aliphatic carbocycles. The van der Waals surface area contributed by atoms with Crippen molar-refractivity contribution >= 4 is 33.5 Å². The van der Waals surface area contributed by atoms with Gasteiger partial charge in [-0.25, -0.2) is 8.42 Å². The van der Waals surface area contributed by atoms with Gasteiger partial charge in [0.05, 0.1) is 22.4 Å². The average molecular weight is 783 g/mol. The lowest BCUT2D eigenvalue weighted by atomic mass is 9.72. The molecule has 1 aliphatic heterocycles. The zero-order chi connectivity index (χ0) is 40.7. The zero-order valence-electron chi connectivity index (χ0n) is 33.7. The Morgan fingerprint density at radius 1 is 0.964 bits per heavy atom. The molecule has 304 valence electrons. The van der Waals surface area contributed by atoms with Crippen LogP contribution in [0, 0.1) is 17.8 Å². The quantitative estimate of drug-likeness (QED) is 0.195. The number of benzene rings is 1. The normalized spacial score (nSPS) is 21.7. The fraction of sp³-hybridized carbons (Fsp3) is 0.634. The van der Waals surface area contributed by atoms with E-state index in [0.29, 0.717) is 24.8 Å². The molecule has 2 aliphatic rings. The maximum absolute atomic E-state index is 14.6. The Morgan fingerprint density at radius 3 is 2.20 bits per heavy atom. The third-order valence-electron chi connectivity index (χ3n) is 11.2. The zero-order valence-corrected chi connectivity index (χ0v) is 34.5. The number of hydrogen-bond acceptors (Lipinski definition) is 10. The van der Waals surface area contributed by atoms with E-state index < -0.39 is 68.2 Å². The van der Waals surface area contributed by atoms with Gasteiger partial charge in [-0.05, 0) is 89.3 Å². The maximum Gasteiger partial charge on any atom is 0.323 e. The second-order valence-corrected chi connectivity index (χ2v) is 19.9. The largest absolute Gasteiger partial charge is 0.458 e. The summed E-state index contributed by atoms with van der Waals surface area (Å²) in [5.74, 6) is -1.74. The molecular formula is C41H62N6O7S. The van der Waals surface area contributed by atoms with Gasteiger partial charge in [0.15, 0.2) is 9.84 Å². The molecule has 1 aromatic heterocycles. The number of piperidine rings is 1. The highest BCUT2D eigenvalue weighted by Gasteiger charge is 2.47. The third-order valence-corrected chi connectivity index (χ3v) is 13.3. The lowest BCUT2D eigenvalue weighted by molar-refractivity contribution is -0.157.